The Bertz CT molecular complexity index is 759. The van der Waals surface area contributed by atoms with Crippen LogP contribution in [0.3, 0.4) is 0 Å². The number of benzene rings is 1. The molecule has 140 valence electrons. The molecule has 2 aromatic rings. The Labute approximate surface area is 153 Å². The van der Waals surface area contributed by atoms with E-state index in [9.17, 15) is 15.0 Å². The molecule has 0 radical (unpaired) electrons. The number of hydrogen-bond donors (Lipinski definition) is 3. The van der Waals surface area contributed by atoms with Crippen LogP contribution in [-0.2, 0) is 24.2 Å². The van der Waals surface area contributed by atoms with E-state index in [4.69, 9.17) is 0 Å². The van der Waals surface area contributed by atoms with Crippen LogP contribution in [0.5, 0.6) is 0 Å². The van der Waals surface area contributed by atoms with Crippen molar-refractivity contribution in [1.29, 1.82) is 0 Å². The van der Waals surface area contributed by atoms with Crippen LogP contribution < -0.4 is 0 Å². The minimum absolute atomic E-state index is 0.312. The first-order valence-corrected chi connectivity index (χ1v) is 9.16. The maximum absolute atomic E-state index is 12.2. The molecule has 0 aliphatic carbocycles. The third-order valence-electron chi connectivity index (χ3n) is 5.39. The molecule has 1 aromatic heterocycles. The number of imidazole rings is 1. The van der Waals surface area contributed by atoms with Gasteiger partial charge in [0, 0.05) is 31.7 Å². The van der Waals surface area contributed by atoms with Gasteiger partial charge in [0.1, 0.15) is 11.2 Å². The Balaban J connectivity index is 1.82. The van der Waals surface area contributed by atoms with Crippen LogP contribution in [-0.4, -0.2) is 50.2 Å². The van der Waals surface area contributed by atoms with Crippen LogP contribution in [0, 0.1) is 12.3 Å². The largest absolute Gasteiger partial charge is 0.481 e. The first kappa shape index (κ1) is 18.6. The maximum Gasteiger partial charge on any atom is 0.313 e. The van der Waals surface area contributed by atoms with Crippen LogP contribution >= 0.6 is 0 Å². The Kier molecular flexibility index (Phi) is 5.44. The smallest absolute Gasteiger partial charge is 0.313 e. The molecule has 26 heavy (non-hydrogen) atoms. The summed E-state index contributed by atoms with van der Waals surface area (Å²) in [6, 6.07) is 9.55. The molecule has 0 spiro atoms. The van der Waals surface area contributed by atoms with Crippen molar-refractivity contribution in [2.45, 2.75) is 45.8 Å². The summed E-state index contributed by atoms with van der Waals surface area (Å²) < 4.78 is 0. The molecule has 2 heterocycles. The monoisotopic (exact) mass is 357 g/mol. The van der Waals surface area contributed by atoms with Crippen molar-refractivity contribution in [3.63, 3.8) is 0 Å². The lowest BCUT2D eigenvalue weighted by atomic mass is 9.73. The lowest BCUT2D eigenvalue weighted by Crippen LogP contribution is -2.56. The molecule has 0 bridgehead atoms. The molecular weight excluding hydrogens is 330 g/mol. The fourth-order valence-electron chi connectivity index (χ4n) is 3.82. The summed E-state index contributed by atoms with van der Waals surface area (Å²) in [5.41, 5.74) is 1.71. The topological polar surface area (TPSA) is 89.4 Å². The number of H-pyrrole nitrogens is 1. The molecule has 0 unspecified atom stereocenters. The van der Waals surface area contributed by atoms with E-state index in [2.05, 4.69) is 21.8 Å². The average Bonchev–Trinajstić information content (AvgIpc) is 2.98. The van der Waals surface area contributed by atoms with Crippen LogP contribution in [0.25, 0.3) is 0 Å². The van der Waals surface area contributed by atoms with E-state index in [1.807, 2.05) is 37.3 Å². The number of carbonyl (C=O) groups is 1. The summed E-state index contributed by atoms with van der Waals surface area (Å²) in [4.78, 5) is 22.2. The van der Waals surface area contributed by atoms with Gasteiger partial charge in [-0.3, -0.25) is 9.69 Å². The SMILES string of the molecule is CCc1nc(CN2CC[C@H](O)[C@](Cc3ccccc3)(C(=O)O)C2)c(C)[nH]1. The number of aromatic amines is 1. The highest BCUT2D eigenvalue weighted by atomic mass is 16.4. The molecule has 1 saturated heterocycles. The summed E-state index contributed by atoms with van der Waals surface area (Å²) in [6.45, 7) is 5.62. The fourth-order valence-corrected chi connectivity index (χ4v) is 3.82. The number of aliphatic hydroxyl groups is 1. The number of piperidine rings is 1. The Morgan fingerprint density at radius 2 is 2.12 bits per heavy atom. The van der Waals surface area contributed by atoms with E-state index in [1.165, 1.54) is 0 Å². The molecule has 3 N–H and O–H groups in total. The average molecular weight is 357 g/mol. The number of rotatable bonds is 6. The predicted molar refractivity (Wildman–Crippen MR) is 98.8 cm³/mol. The van der Waals surface area contributed by atoms with Crippen LogP contribution in [0.15, 0.2) is 30.3 Å². The Hall–Kier alpha value is -2.18. The lowest BCUT2D eigenvalue weighted by Gasteiger charge is -2.43. The van der Waals surface area contributed by atoms with Gasteiger partial charge in [-0.1, -0.05) is 37.3 Å². The standard InChI is InChI=1S/C20H27N3O3/c1-3-18-21-14(2)16(22-18)12-23-10-9-17(24)20(13-23,19(25)26)11-15-7-5-4-6-8-15/h4-8,17,24H,3,9-13H2,1-2H3,(H,21,22)(H,25,26)/t17-,20+/m0/s1. The van der Waals surface area contributed by atoms with Gasteiger partial charge in [0.25, 0.3) is 0 Å². The number of carboxylic acid groups (broad SMARTS) is 1. The second-order valence-electron chi connectivity index (χ2n) is 7.25. The van der Waals surface area contributed by atoms with E-state index < -0.39 is 17.5 Å². The van der Waals surface area contributed by atoms with Crippen molar-refractivity contribution in [2.75, 3.05) is 13.1 Å². The van der Waals surface area contributed by atoms with Crippen molar-refractivity contribution in [3.8, 4) is 0 Å². The van der Waals surface area contributed by atoms with Gasteiger partial charge >= 0.3 is 5.97 Å². The number of nitrogens with zero attached hydrogens (tertiary/aromatic N) is 2. The first-order chi connectivity index (χ1) is 12.4. The minimum Gasteiger partial charge on any atom is -0.481 e. The summed E-state index contributed by atoms with van der Waals surface area (Å²) in [6.07, 6.45) is 0.749. The number of aliphatic hydroxyl groups excluding tert-OH is 1. The molecule has 3 rings (SSSR count). The maximum atomic E-state index is 12.2. The van der Waals surface area contributed by atoms with Gasteiger partial charge in [-0.15, -0.1) is 0 Å². The van der Waals surface area contributed by atoms with Crippen LogP contribution in [0.1, 0.15) is 36.1 Å². The quantitative estimate of drug-likeness (QED) is 0.737. The minimum atomic E-state index is -1.20. The molecule has 1 aliphatic rings. The van der Waals surface area contributed by atoms with Crippen molar-refractivity contribution < 1.29 is 15.0 Å². The molecule has 6 heteroatoms. The van der Waals surface area contributed by atoms with Crippen molar-refractivity contribution >= 4 is 5.97 Å². The predicted octanol–water partition coefficient (Wildman–Crippen LogP) is 2.16. The molecule has 0 amide bonds. The number of hydrogen-bond acceptors (Lipinski definition) is 4. The number of aryl methyl sites for hydroxylation is 2. The summed E-state index contributed by atoms with van der Waals surface area (Å²) >= 11 is 0. The van der Waals surface area contributed by atoms with E-state index in [1.54, 1.807) is 0 Å². The zero-order valence-corrected chi connectivity index (χ0v) is 15.4. The third-order valence-corrected chi connectivity index (χ3v) is 5.39. The molecule has 1 aliphatic heterocycles. The van der Waals surface area contributed by atoms with Gasteiger partial charge < -0.3 is 15.2 Å². The van der Waals surface area contributed by atoms with Crippen molar-refractivity contribution in [3.05, 3.63) is 53.1 Å². The van der Waals surface area contributed by atoms with E-state index in [0.717, 1.165) is 29.2 Å². The van der Waals surface area contributed by atoms with Gasteiger partial charge in [0.05, 0.1) is 11.8 Å². The second-order valence-corrected chi connectivity index (χ2v) is 7.25. The molecule has 2 atom stereocenters. The van der Waals surface area contributed by atoms with Crippen molar-refractivity contribution in [2.24, 2.45) is 5.41 Å². The Morgan fingerprint density at radius 1 is 1.38 bits per heavy atom. The highest BCUT2D eigenvalue weighted by Gasteiger charge is 2.49. The molecule has 0 saturated carbocycles. The van der Waals surface area contributed by atoms with Gasteiger partial charge in [-0.05, 0) is 25.3 Å². The van der Waals surface area contributed by atoms with Gasteiger partial charge in [-0.2, -0.15) is 0 Å². The molecular formula is C20H27N3O3. The lowest BCUT2D eigenvalue weighted by molar-refractivity contribution is -0.163. The number of likely N-dealkylation sites (tertiary alicyclic amines) is 1. The zero-order valence-electron chi connectivity index (χ0n) is 15.4. The number of nitrogens with one attached hydrogen (secondary N) is 1. The van der Waals surface area contributed by atoms with Crippen molar-refractivity contribution in [1.82, 2.24) is 14.9 Å². The molecule has 1 aromatic carbocycles. The Morgan fingerprint density at radius 3 is 2.73 bits per heavy atom. The van der Waals surface area contributed by atoms with Crippen LogP contribution in [0.4, 0.5) is 0 Å². The first-order valence-electron chi connectivity index (χ1n) is 9.16. The normalized spacial score (nSPS) is 23.9. The highest BCUT2D eigenvalue weighted by Crippen LogP contribution is 2.35. The van der Waals surface area contributed by atoms with Gasteiger partial charge in [-0.25, -0.2) is 4.98 Å². The number of aliphatic carboxylic acids is 1. The van der Waals surface area contributed by atoms with E-state index in [0.29, 0.717) is 32.5 Å². The third kappa shape index (κ3) is 3.66. The number of carboxylic acids is 1. The summed E-state index contributed by atoms with van der Waals surface area (Å²) in [5.74, 6) is 0.00915. The van der Waals surface area contributed by atoms with Crippen LogP contribution in [0.2, 0.25) is 0 Å². The van der Waals surface area contributed by atoms with Gasteiger partial charge in [0.2, 0.25) is 0 Å². The fraction of sp³-hybridized carbons (Fsp3) is 0.500. The molecule has 1 fully saturated rings. The molecule has 6 nitrogen and oxygen atoms in total. The van der Waals surface area contributed by atoms with E-state index >= 15 is 0 Å². The van der Waals surface area contributed by atoms with E-state index in [-0.39, 0.29) is 0 Å². The highest BCUT2D eigenvalue weighted by molar-refractivity contribution is 5.76. The summed E-state index contributed by atoms with van der Waals surface area (Å²) in [5, 5.41) is 20.6. The zero-order chi connectivity index (χ0) is 18.7. The second kappa shape index (κ2) is 7.60. The summed E-state index contributed by atoms with van der Waals surface area (Å²) in [7, 11) is 0. The van der Waals surface area contributed by atoms with Gasteiger partial charge in [0.15, 0.2) is 0 Å². The number of aromatic nitrogens is 2.